The molecule has 0 aromatic heterocycles. The van der Waals surface area contributed by atoms with Gasteiger partial charge in [0.05, 0.1) is 0 Å². The lowest BCUT2D eigenvalue weighted by molar-refractivity contribution is 0.0549. The summed E-state index contributed by atoms with van der Waals surface area (Å²) in [6, 6.07) is 1.84. The Kier molecular flexibility index (Phi) is 4.81. The fraction of sp³-hybridized carbons (Fsp3) is 1.00. The molecule has 0 N–H and O–H groups in total. The summed E-state index contributed by atoms with van der Waals surface area (Å²) in [4.78, 5) is 5.63. The van der Waals surface area contributed by atoms with Crippen LogP contribution in [0.1, 0.15) is 64.7 Å². The van der Waals surface area contributed by atoms with E-state index in [0.717, 1.165) is 18.0 Å². The van der Waals surface area contributed by atoms with E-state index >= 15 is 0 Å². The molecule has 3 fully saturated rings. The van der Waals surface area contributed by atoms with E-state index in [-0.39, 0.29) is 0 Å². The Labute approximate surface area is 119 Å². The number of piperidine rings is 2. The summed E-state index contributed by atoms with van der Waals surface area (Å²) < 4.78 is 0. The summed E-state index contributed by atoms with van der Waals surface area (Å²) in [5, 5.41) is 0. The lowest BCUT2D eigenvalue weighted by atomic mass is 9.85. The number of hydrogen-bond donors (Lipinski definition) is 0. The average molecular weight is 264 g/mol. The van der Waals surface area contributed by atoms with Gasteiger partial charge in [0.1, 0.15) is 0 Å². The first-order chi connectivity index (χ1) is 9.33. The van der Waals surface area contributed by atoms with Crippen LogP contribution in [0.15, 0.2) is 0 Å². The Morgan fingerprint density at radius 3 is 2.00 bits per heavy atom. The molecule has 0 spiro atoms. The van der Waals surface area contributed by atoms with Crippen LogP contribution in [0.4, 0.5) is 0 Å². The van der Waals surface area contributed by atoms with Crippen molar-refractivity contribution < 1.29 is 0 Å². The second kappa shape index (κ2) is 6.58. The molecule has 0 radical (unpaired) electrons. The molecule has 2 atom stereocenters. The van der Waals surface area contributed by atoms with Gasteiger partial charge in [-0.25, -0.2) is 0 Å². The first kappa shape index (κ1) is 13.9. The maximum absolute atomic E-state index is 2.83. The van der Waals surface area contributed by atoms with Gasteiger partial charge in [-0.3, -0.25) is 0 Å². The minimum Gasteiger partial charge on any atom is -0.300 e. The molecular weight excluding hydrogens is 232 g/mol. The van der Waals surface area contributed by atoms with Gasteiger partial charge in [-0.05, 0) is 70.6 Å². The van der Waals surface area contributed by atoms with Gasteiger partial charge in [0.25, 0.3) is 0 Å². The zero-order valence-electron chi connectivity index (χ0n) is 12.8. The molecule has 2 aliphatic heterocycles. The van der Waals surface area contributed by atoms with Gasteiger partial charge in [-0.15, -0.1) is 0 Å². The molecule has 2 heterocycles. The predicted octanol–water partition coefficient (Wildman–Crippen LogP) is 3.52. The molecule has 19 heavy (non-hydrogen) atoms. The quantitative estimate of drug-likeness (QED) is 0.753. The summed E-state index contributed by atoms with van der Waals surface area (Å²) in [5.74, 6) is 0.971. The Bertz CT molecular complexity index is 264. The van der Waals surface area contributed by atoms with Crippen molar-refractivity contribution >= 4 is 0 Å². The van der Waals surface area contributed by atoms with E-state index in [1.54, 1.807) is 0 Å². The summed E-state index contributed by atoms with van der Waals surface area (Å²) >= 11 is 0. The minimum absolute atomic E-state index is 0.914. The van der Waals surface area contributed by atoms with Crippen molar-refractivity contribution in [2.75, 3.05) is 26.2 Å². The van der Waals surface area contributed by atoms with Crippen molar-refractivity contribution in [2.24, 2.45) is 5.92 Å². The lowest BCUT2D eigenvalue weighted by Crippen LogP contribution is -2.50. The van der Waals surface area contributed by atoms with E-state index in [9.17, 15) is 0 Å². The van der Waals surface area contributed by atoms with Crippen LogP contribution in [0.5, 0.6) is 0 Å². The van der Waals surface area contributed by atoms with E-state index in [1.807, 2.05) is 0 Å². The van der Waals surface area contributed by atoms with Crippen molar-refractivity contribution in [3.8, 4) is 0 Å². The number of hydrogen-bond acceptors (Lipinski definition) is 2. The molecule has 0 amide bonds. The molecule has 0 unspecified atom stereocenters. The topological polar surface area (TPSA) is 6.48 Å². The van der Waals surface area contributed by atoms with Crippen molar-refractivity contribution in [2.45, 2.75) is 76.8 Å². The monoisotopic (exact) mass is 264 g/mol. The van der Waals surface area contributed by atoms with Crippen molar-refractivity contribution in [3.05, 3.63) is 0 Å². The van der Waals surface area contributed by atoms with Crippen LogP contribution < -0.4 is 0 Å². The molecule has 0 aromatic rings. The second-order valence-corrected chi connectivity index (χ2v) is 7.29. The summed E-state index contributed by atoms with van der Waals surface area (Å²) in [6.07, 6.45) is 13.1. The highest BCUT2D eigenvalue weighted by Crippen LogP contribution is 2.30. The Morgan fingerprint density at radius 2 is 1.32 bits per heavy atom. The van der Waals surface area contributed by atoms with Gasteiger partial charge in [-0.2, -0.15) is 0 Å². The van der Waals surface area contributed by atoms with Crippen LogP contribution in [0.25, 0.3) is 0 Å². The summed E-state index contributed by atoms with van der Waals surface area (Å²) in [6.45, 7) is 7.96. The van der Waals surface area contributed by atoms with Crippen LogP contribution >= 0.6 is 0 Å². The maximum atomic E-state index is 2.83. The molecule has 2 saturated heterocycles. The van der Waals surface area contributed by atoms with E-state index in [4.69, 9.17) is 0 Å². The van der Waals surface area contributed by atoms with Gasteiger partial charge < -0.3 is 9.80 Å². The fourth-order valence-corrected chi connectivity index (χ4v) is 4.63. The van der Waals surface area contributed by atoms with E-state index < -0.39 is 0 Å². The van der Waals surface area contributed by atoms with Crippen LogP contribution in [0.2, 0.25) is 0 Å². The number of likely N-dealkylation sites (tertiary alicyclic amines) is 2. The first-order valence-corrected chi connectivity index (χ1v) is 8.81. The zero-order valence-corrected chi connectivity index (χ0v) is 12.8. The Morgan fingerprint density at radius 1 is 0.632 bits per heavy atom. The van der Waals surface area contributed by atoms with Crippen LogP contribution in [-0.4, -0.2) is 48.1 Å². The molecule has 2 nitrogen and oxygen atoms in total. The van der Waals surface area contributed by atoms with Gasteiger partial charge in [0.2, 0.25) is 0 Å². The summed E-state index contributed by atoms with van der Waals surface area (Å²) in [7, 11) is 0. The largest absolute Gasteiger partial charge is 0.300 e. The highest BCUT2D eigenvalue weighted by Gasteiger charge is 2.30. The third-order valence-electron chi connectivity index (χ3n) is 5.83. The summed E-state index contributed by atoms with van der Waals surface area (Å²) in [5.41, 5.74) is 0. The van der Waals surface area contributed by atoms with E-state index in [0.29, 0.717) is 0 Å². The first-order valence-electron chi connectivity index (χ1n) is 8.81. The van der Waals surface area contributed by atoms with Crippen molar-refractivity contribution in [1.29, 1.82) is 0 Å². The SMILES string of the molecule is C[C@@H]1CCC[C@@H](N2CCC(N3CCCCC3)CC2)C1. The Hall–Kier alpha value is -0.0800. The minimum atomic E-state index is 0.914. The zero-order chi connectivity index (χ0) is 13.1. The smallest absolute Gasteiger partial charge is 0.0120 e. The highest BCUT2D eigenvalue weighted by atomic mass is 15.2. The van der Waals surface area contributed by atoms with Gasteiger partial charge in [0.15, 0.2) is 0 Å². The normalized spacial score (nSPS) is 36.5. The molecule has 3 rings (SSSR count). The molecular formula is C17H32N2. The Balaban J connectivity index is 1.46. The van der Waals surface area contributed by atoms with Crippen LogP contribution in [0.3, 0.4) is 0 Å². The molecule has 0 bridgehead atoms. The average Bonchev–Trinajstić information content (AvgIpc) is 2.48. The third kappa shape index (κ3) is 3.52. The van der Waals surface area contributed by atoms with Crippen molar-refractivity contribution in [3.63, 3.8) is 0 Å². The van der Waals surface area contributed by atoms with Crippen molar-refractivity contribution in [1.82, 2.24) is 9.80 Å². The number of rotatable bonds is 2. The lowest BCUT2D eigenvalue weighted by Gasteiger charge is -2.44. The molecule has 110 valence electrons. The fourth-order valence-electron chi connectivity index (χ4n) is 4.63. The highest BCUT2D eigenvalue weighted by molar-refractivity contribution is 4.86. The third-order valence-corrected chi connectivity index (χ3v) is 5.83. The predicted molar refractivity (Wildman–Crippen MR) is 81.4 cm³/mol. The second-order valence-electron chi connectivity index (χ2n) is 7.29. The van der Waals surface area contributed by atoms with Gasteiger partial charge in [-0.1, -0.05) is 26.2 Å². The molecule has 0 aromatic carbocycles. The van der Waals surface area contributed by atoms with E-state index in [2.05, 4.69) is 16.7 Å². The molecule has 2 heteroatoms. The van der Waals surface area contributed by atoms with Crippen LogP contribution in [-0.2, 0) is 0 Å². The molecule has 3 aliphatic rings. The van der Waals surface area contributed by atoms with Gasteiger partial charge >= 0.3 is 0 Å². The standard InChI is InChI=1S/C17H32N2/c1-15-6-5-7-17(14-15)19-12-8-16(9-13-19)18-10-3-2-4-11-18/h15-17H,2-14H2,1H3/t15-,17-/m1/s1. The number of nitrogens with zero attached hydrogens (tertiary/aromatic N) is 2. The van der Waals surface area contributed by atoms with Crippen LogP contribution in [0, 0.1) is 5.92 Å². The molecule has 1 saturated carbocycles. The van der Waals surface area contributed by atoms with E-state index in [1.165, 1.54) is 84.0 Å². The molecule has 1 aliphatic carbocycles. The maximum Gasteiger partial charge on any atom is 0.0120 e. The van der Waals surface area contributed by atoms with Gasteiger partial charge in [0, 0.05) is 12.1 Å².